The molecule has 0 radical (unpaired) electrons. The molecule has 0 bridgehead atoms. The van der Waals surface area contributed by atoms with Crippen LogP contribution in [0.5, 0.6) is 0 Å². The topological polar surface area (TPSA) is 125 Å². The van der Waals surface area contributed by atoms with E-state index < -0.39 is 29.5 Å². The smallest absolute Gasteiger partial charge is 0.426 e. The zero-order valence-electron chi connectivity index (χ0n) is 14.1. The van der Waals surface area contributed by atoms with Gasteiger partial charge in [-0.3, -0.25) is 15.0 Å². The third kappa shape index (κ3) is 4.46. The highest BCUT2D eigenvalue weighted by atomic mass is 16.6. The third-order valence-electron chi connectivity index (χ3n) is 3.23. The van der Waals surface area contributed by atoms with Crippen molar-refractivity contribution in [3.63, 3.8) is 0 Å². The number of hydrogen-bond acceptors (Lipinski definition) is 6. The summed E-state index contributed by atoms with van der Waals surface area (Å²) in [5.41, 5.74) is 4.23. The molecule has 1 aliphatic rings. The molecule has 25 heavy (non-hydrogen) atoms. The maximum atomic E-state index is 11.9. The predicted molar refractivity (Wildman–Crippen MR) is 88.1 cm³/mol. The van der Waals surface area contributed by atoms with Crippen LogP contribution >= 0.6 is 0 Å². The fourth-order valence-corrected chi connectivity index (χ4v) is 2.25. The quantitative estimate of drug-likeness (QED) is 0.560. The van der Waals surface area contributed by atoms with Crippen LogP contribution < -0.4 is 15.8 Å². The fraction of sp³-hybridized carbons (Fsp3) is 0.375. The SMILES string of the molecule is CC(C)(C)OC(=O)NNc1ccc(C(=O)O)c(N2C(=O)CCC2=O)c1. The molecule has 0 aliphatic carbocycles. The lowest BCUT2D eigenvalue weighted by Gasteiger charge is -2.21. The maximum absolute atomic E-state index is 11.9. The van der Waals surface area contributed by atoms with Gasteiger partial charge in [-0.15, -0.1) is 0 Å². The number of carbonyl (C=O) groups is 4. The zero-order chi connectivity index (χ0) is 18.8. The van der Waals surface area contributed by atoms with Gasteiger partial charge < -0.3 is 9.84 Å². The molecule has 9 heteroatoms. The summed E-state index contributed by atoms with van der Waals surface area (Å²) < 4.78 is 5.06. The highest BCUT2D eigenvalue weighted by molar-refractivity contribution is 6.22. The number of aromatic carboxylic acids is 1. The van der Waals surface area contributed by atoms with E-state index in [2.05, 4.69) is 10.9 Å². The minimum absolute atomic E-state index is 0.0334. The fourth-order valence-electron chi connectivity index (χ4n) is 2.25. The number of hydrogen-bond donors (Lipinski definition) is 3. The Balaban J connectivity index is 2.23. The summed E-state index contributed by atoms with van der Waals surface area (Å²) in [6, 6.07) is 3.95. The molecule has 1 fully saturated rings. The molecule has 1 aromatic carbocycles. The number of benzene rings is 1. The van der Waals surface area contributed by atoms with E-state index in [0.29, 0.717) is 5.69 Å². The number of anilines is 2. The van der Waals surface area contributed by atoms with Crippen molar-refractivity contribution >= 4 is 35.3 Å². The average molecular weight is 349 g/mol. The number of nitrogens with one attached hydrogen (secondary N) is 2. The molecule has 1 aliphatic heterocycles. The molecule has 1 saturated heterocycles. The van der Waals surface area contributed by atoms with Gasteiger partial charge in [0, 0.05) is 12.8 Å². The normalized spacial score (nSPS) is 14.4. The van der Waals surface area contributed by atoms with Crippen molar-refractivity contribution in [2.24, 2.45) is 0 Å². The first-order valence-electron chi connectivity index (χ1n) is 7.56. The van der Waals surface area contributed by atoms with Crippen molar-refractivity contribution in [3.05, 3.63) is 23.8 Å². The second kappa shape index (κ2) is 6.80. The number of carboxylic acids is 1. The molecule has 134 valence electrons. The summed E-state index contributed by atoms with van der Waals surface area (Å²) in [7, 11) is 0. The molecule has 0 unspecified atom stereocenters. The zero-order valence-corrected chi connectivity index (χ0v) is 14.1. The van der Waals surface area contributed by atoms with E-state index in [1.165, 1.54) is 18.2 Å². The van der Waals surface area contributed by atoms with Gasteiger partial charge in [0.15, 0.2) is 0 Å². The van der Waals surface area contributed by atoms with Crippen LogP contribution in [-0.4, -0.2) is 34.6 Å². The Morgan fingerprint density at radius 3 is 2.28 bits per heavy atom. The molecular weight excluding hydrogens is 330 g/mol. The summed E-state index contributed by atoms with van der Waals surface area (Å²) in [6.07, 6.45) is -0.665. The standard InChI is InChI=1S/C16H19N3O6/c1-16(2,3)25-15(24)18-17-9-4-5-10(14(22)23)11(8-9)19-12(20)6-7-13(19)21/h4-5,8,17H,6-7H2,1-3H3,(H,18,24)(H,22,23). The van der Waals surface area contributed by atoms with Gasteiger partial charge in [0.2, 0.25) is 11.8 Å². The first kappa shape index (κ1) is 18.2. The van der Waals surface area contributed by atoms with Crippen molar-refractivity contribution in [3.8, 4) is 0 Å². The minimum atomic E-state index is -1.27. The Bertz CT molecular complexity index is 722. The van der Waals surface area contributed by atoms with Gasteiger partial charge in [-0.2, -0.15) is 0 Å². The van der Waals surface area contributed by atoms with Crippen LogP contribution in [0.15, 0.2) is 18.2 Å². The highest BCUT2D eigenvalue weighted by Gasteiger charge is 2.33. The monoisotopic (exact) mass is 349 g/mol. The van der Waals surface area contributed by atoms with Gasteiger partial charge in [0.25, 0.3) is 0 Å². The molecule has 1 aromatic rings. The Morgan fingerprint density at radius 2 is 1.76 bits per heavy atom. The van der Waals surface area contributed by atoms with E-state index in [1.54, 1.807) is 20.8 Å². The summed E-state index contributed by atoms with van der Waals surface area (Å²) >= 11 is 0. The number of ether oxygens (including phenoxy) is 1. The van der Waals surface area contributed by atoms with Crippen molar-refractivity contribution in [2.45, 2.75) is 39.2 Å². The Morgan fingerprint density at radius 1 is 1.16 bits per heavy atom. The van der Waals surface area contributed by atoms with E-state index in [4.69, 9.17) is 4.74 Å². The lowest BCUT2D eigenvalue weighted by Crippen LogP contribution is -2.36. The van der Waals surface area contributed by atoms with Crippen LogP contribution in [0.25, 0.3) is 0 Å². The first-order chi connectivity index (χ1) is 11.6. The van der Waals surface area contributed by atoms with E-state index in [-0.39, 0.29) is 24.1 Å². The van der Waals surface area contributed by atoms with Crippen molar-refractivity contribution in [1.82, 2.24) is 5.43 Å². The second-order valence-corrected chi connectivity index (χ2v) is 6.41. The van der Waals surface area contributed by atoms with Crippen LogP contribution in [0.1, 0.15) is 44.0 Å². The number of carbonyl (C=O) groups excluding carboxylic acids is 3. The van der Waals surface area contributed by atoms with Gasteiger partial charge in [-0.05, 0) is 39.0 Å². The Hall–Kier alpha value is -3.10. The average Bonchev–Trinajstić information content (AvgIpc) is 2.82. The first-order valence-corrected chi connectivity index (χ1v) is 7.56. The predicted octanol–water partition coefficient (Wildman–Crippen LogP) is 1.89. The summed E-state index contributed by atoms with van der Waals surface area (Å²) in [5, 5.41) is 9.28. The molecule has 1 heterocycles. The van der Waals surface area contributed by atoms with Crippen LogP contribution in [0.2, 0.25) is 0 Å². The molecule has 9 nitrogen and oxygen atoms in total. The van der Waals surface area contributed by atoms with Gasteiger partial charge in [0.1, 0.15) is 5.60 Å². The second-order valence-electron chi connectivity index (χ2n) is 6.41. The van der Waals surface area contributed by atoms with Gasteiger partial charge in [-0.25, -0.2) is 19.9 Å². The maximum Gasteiger partial charge on any atom is 0.426 e. The van der Waals surface area contributed by atoms with Crippen molar-refractivity contribution in [1.29, 1.82) is 0 Å². The van der Waals surface area contributed by atoms with E-state index in [1.807, 2.05) is 0 Å². The van der Waals surface area contributed by atoms with Crippen LogP contribution in [0.3, 0.4) is 0 Å². The summed E-state index contributed by atoms with van der Waals surface area (Å²) in [6.45, 7) is 5.12. The summed E-state index contributed by atoms with van der Waals surface area (Å²) in [4.78, 5) is 47.7. The molecule has 0 aromatic heterocycles. The van der Waals surface area contributed by atoms with Crippen LogP contribution in [0, 0.1) is 0 Å². The van der Waals surface area contributed by atoms with Crippen molar-refractivity contribution in [2.75, 3.05) is 10.3 Å². The third-order valence-corrected chi connectivity index (χ3v) is 3.23. The number of nitrogens with zero attached hydrogens (tertiary/aromatic N) is 1. The lowest BCUT2D eigenvalue weighted by atomic mass is 10.1. The Kier molecular flexibility index (Phi) is 4.96. The van der Waals surface area contributed by atoms with Crippen LogP contribution in [0.4, 0.5) is 16.2 Å². The van der Waals surface area contributed by atoms with Crippen molar-refractivity contribution < 1.29 is 29.0 Å². The number of imide groups is 1. The molecule has 3 N–H and O–H groups in total. The molecular formula is C16H19N3O6. The van der Waals surface area contributed by atoms with E-state index in [9.17, 15) is 24.3 Å². The number of carboxylic acid groups (broad SMARTS) is 1. The van der Waals surface area contributed by atoms with E-state index >= 15 is 0 Å². The summed E-state index contributed by atoms with van der Waals surface area (Å²) in [5.74, 6) is -2.20. The van der Waals surface area contributed by atoms with Gasteiger partial charge in [0.05, 0.1) is 16.9 Å². The molecule has 0 spiro atoms. The largest absolute Gasteiger partial charge is 0.478 e. The number of rotatable bonds is 4. The van der Waals surface area contributed by atoms with Crippen LogP contribution in [-0.2, 0) is 14.3 Å². The minimum Gasteiger partial charge on any atom is -0.478 e. The molecule has 3 amide bonds. The Labute approximate surface area is 143 Å². The number of amides is 3. The van der Waals surface area contributed by atoms with E-state index in [0.717, 1.165) is 4.90 Å². The highest BCUT2D eigenvalue weighted by Crippen LogP contribution is 2.29. The lowest BCUT2D eigenvalue weighted by molar-refractivity contribution is -0.121. The number of hydrazine groups is 1. The molecule has 2 rings (SSSR count). The molecule has 0 saturated carbocycles. The van der Waals surface area contributed by atoms with Gasteiger partial charge >= 0.3 is 12.1 Å². The van der Waals surface area contributed by atoms with Gasteiger partial charge in [-0.1, -0.05) is 0 Å². The molecule has 0 atom stereocenters.